The summed E-state index contributed by atoms with van der Waals surface area (Å²) in [6, 6.07) is 12.8. The number of hydrogen-bond acceptors (Lipinski definition) is 4. The van der Waals surface area contributed by atoms with Crippen molar-refractivity contribution in [3.8, 4) is 0 Å². The molecule has 0 amide bonds. The molecule has 2 aromatic rings. The van der Waals surface area contributed by atoms with Crippen LogP contribution in [0, 0.1) is 6.92 Å². The second-order valence-electron chi connectivity index (χ2n) is 6.34. The normalized spacial score (nSPS) is 18.0. The summed E-state index contributed by atoms with van der Waals surface area (Å²) in [5.74, 6) is -0.0705. The lowest BCUT2D eigenvalue weighted by Crippen LogP contribution is -2.24. The van der Waals surface area contributed by atoms with Gasteiger partial charge in [0.15, 0.2) is 0 Å². The molecule has 2 heterocycles. The van der Waals surface area contributed by atoms with Crippen LogP contribution >= 0.6 is 0 Å². The zero-order chi connectivity index (χ0) is 16.9. The molecule has 5 heteroatoms. The van der Waals surface area contributed by atoms with Crippen molar-refractivity contribution in [2.75, 3.05) is 6.54 Å². The van der Waals surface area contributed by atoms with E-state index in [9.17, 15) is 4.79 Å². The van der Waals surface area contributed by atoms with E-state index < -0.39 is 5.97 Å². The predicted molar refractivity (Wildman–Crippen MR) is 91.6 cm³/mol. The monoisotopic (exact) mass is 325 g/mol. The first-order chi connectivity index (χ1) is 11.6. The third kappa shape index (κ3) is 4.17. The van der Waals surface area contributed by atoms with Crippen LogP contribution in [-0.4, -0.2) is 32.5 Å². The fraction of sp³-hybridized carbons (Fsp3) is 0.421. The number of likely N-dealkylation sites (tertiary alicyclic amines) is 1. The molecule has 1 aliphatic rings. The Morgan fingerprint density at radius 1 is 1.29 bits per heavy atom. The van der Waals surface area contributed by atoms with Crippen molar-refractivity contribution in [2.24, 2.45) is 0 Å². The van der Waals surface area contributed by atoms with Gasteiger partial charge in [-0.05, 0) is 37.9 Å². The van der Waals surface area contributed by atoms with Gasteiger partial charge in [0.2, 0.25) is 0 Å². The molecule has 5 nitrogen and oxygen atoms in total. The number of benzene rings is 1. The molecule has 0 radical (unpaired) electrons. The lowest BCUT2D eigenvalue weighted by molar-refractivity contribution is -0.136. The summed E-state index contributed by atoms with van der Waals surface area (Å²) in [5, 5.41) is 8.88. The van der Waals surface area contributed by atoms with Gasteiger partial charge in [-0.2, -0.15) is 0 Å². The topological polar surface area (TPSA) is 66.3 Å². The molecule has 1 aromatic carbocycles. The van der Waals surface area contributed by atoms with Gasteiger partial charge in [-0.25, -0.2) is 9.97 Å². The van der Waals surface area contributed by atoms with Crippen molar-refractivity contribution in [1.82, 2.24) is 14.9 Å². The Morgan fingerprint density at radius 2 is 2.08 bits per heavy atom. The van der Waals surface area contributed by atoms with E-state index >= 15 is 0 Å². The van der Waals surface area contributed by atoms with Crippen LogP contribution in [0.4, 0.5) is 0 Å². The van der Waals surface area contributed by atoms with E-state index in [1.165, 1.54) is 5.56 Å². The first kappa shape index (κ1) is 16.6. The third-order valence-corrected chi connectivity index (χ3v) is 4.44. The largest absolute Gasteiger partial charge is 0.481 e. The number of hydrogen-bond donors (Lipinski definition) is 1. The minimum absolute atomic E-state index is 0.105. The SMILES string of the molecule is Cc1nc(CCC(=O)O)cc([C@@H]2CCCN2Cc2ccccc2)n1. The maximum absolute atomic E-state index is 10.8. The van der Waals surface area contributed by atoms with Crippen molar-refractivity contribution in [2.45, 2.75) is 45.2 Å². The highest BCUT2D eigenvalue weighted by molar-refractivity contribution is 5.66. The molecule has 24 heavy (non-hydrogen) atoms. The van der Waals surface area contributed by atoms with Crippen LogP contribution in [0.2, 0.25) is 0 Å². The van der Waals surface area contributed by atoms with Gasteiger partial charge >= 0.3 is 5.97 Å². The van der Waals surface area contributed by atoms with Gasteiger partial charge in [0.1, 0.15) is 5.82 Å². The molecule has 0 bridgehead atoms. The average Bonchev–Trinajstić information content (AvgIpc) is 3.01. The van der Waals surface area contributed by atoms with Crippen LogP contribution in [0.1, 0.15) is 48.1 Å². The summed E-state index contributed by atoms with van der Waals surface area (Å²) in [7, 11) is 0. The first-order valence-corrected chi connectivity index (χ1v) is 8.46. The predicted octanol–water partition coefficient (Wildman–Crippen LogP) is 3.14. The van der Waals surface area contributed by atoms with Gasteiger partial charge in [0, 0.05) is 18.7 Å². The number of carboxylic acids is 1. The van der Waals surface area contributed by atoms with E-state index in [1.807, 2.05) is 19.1 Å². The zero-order valence-corrected chi connectivity index (χ0v) is 14.0. The number of nitrogens with zero attached hydrogens (tertiary/aromatic N) is 3. The maximum atomic E-state index is 10.8. The number of carboxylic acid groups (broad SMARTS) is 1. The Bertz CT molecular complexity index is 703. The van der Waals surface area contributed by atoms with E-state index in [4.69, 9.17) is 5.11 Å². The van der Waals surface area contributed by atoms with Crippen molar-refractivity contribution >= 4 is 5.97 Å². The van der Waals surface area contributed by atoms with Crippen molar-refractivity contribution in [1.29, 1.82) is 0 Å². The molecule has 126 valence electrons. The summed E-state index contributed by atoms with van der Waals surface area (Å²) in [6.45, 7) is 3.86. The Labute approximate surface area is 142 Å². The molecule has 1 aliphatic heterocycles. The van der Waals surface area contributed by atoms with Gasteiger partial charge in [-0.15, -0.1) is 0 Å². The van der Waals surface area contributed by atoms with Gasteiger partial charge < -0.3 is 5.11 Å². The summed E-state index contributed by atoms with van der Waals surface area (Å²) in [6.07, 6.45) is 2.80. The Hall–Kier alpha value is -2.27. The molecule has 0 unspecified atom stereocenters. The van der Waals surface area contributed by atoms with E-state index in [0.717, 1.165) is 43.1 Å². The summed E-state index contributed by atoms with van der Waals surface area (Å²) in [4.78, 5) is 22.3. The number of aromatic nitrogens is 2. The van der Waals surface area contributed by atoms with Gasteiger partial charge in [0.25, 0.3) is 0 Å². The molecule has 1 fully saturated rings. The van der Waals surface area contributed by atoms with Crippen molar-refractivity contribution < 1.29 is 9.90 Å². The molecule has 1 atom stereocenters. The molecule has 1 N–H and O–H groups in total. The minimum Gasteiger partial charge on any atom is -0.481 e. The maximum Gasteiger partial charge on any atom is 0.303 e. The summed E-state index contributed by atoms with van der Waals surface area (Å²) in [5.41, 5.74) is 3.16. The van der Waals surface area contributed by atoms with Crippen molar-refractivity contribution in [3.05, 3.63) is 59.2 Å². The van der Waals surface area contributed by atoms with Crippen LogP contribution in [0.25, 0.3) is 0 Å². The van der Waals surface area contributed by atoms with E-state index in [-0.39, 0.29) is 12.5 Å². The molecule has 3 rings (SSSR count). The molecule has 0 spiro atoms. The Balaban J connectivity index is 1.77. The molecule has 0 aliphatic carbocycles. The lowest BCUT2D eigenvalue weighted by atomic mass is 10.1. The standard InChI is InChI=1S/C19H23N3O2/c1-14-20-16(9-10-19(23)24)12-17(21-14)18-8-5-11-22(18)13-15-6-3-2-4-7-15/h2-4,6-7,12,18H,5,8-11,13H2,1H3,(H,23,24)/t18-/m0/s1. The van der Waals surface area contributed by atoms with Crippen LogP contribution in [0.3, 0.4) is 0 Å². The Kier molecular flexibility index (Phi) is 5.20. The number of aryl methyl sites for hydroxylation is 2. The average molecular weight is 325 g/mol. The number of rotatable bonds is 6. The highest BCUT2D eigenvalue weighted by atomic mass is 16.4. The minimum atomic E-state index is -0.792. The van der Waals surface area contributed by atoms with Gasteiger partial charge in [-0.1, -0.05) is 30.3 Å². The fourth-order valence-electron chi connectivity index (χ4n) is 3.36. The molecule has 1 aromatic heterocycles. The van der Waals surface area contributed by atoms with E-state index in [0.29, 0.717) is 6.42 Å². The smallest absolute Gasteiger partial charge is 0.303 e. The number of aliphatic carboxylic acids is 1. The first-order valence-electron chi connectivity index (χ1n) is 8.46. The van der Waals surface area contributed by atoms with Crippen LogP contribution < -0.4 is 0 Å². The zero-order valence-electron chi connectivity index (χ0n) is 14.0. The van der Waals surface area contributed by atoms with Crippen LogP contribution in [0.5, 0.6) is 0 Å². The fourth-order valence-corrected chi connectivity index (χ4v) is 3.36. The van der Waals surface area contributed by atoms with E-state index in [1.54, 1.807) is 0 Å². The van der Waals surface area contributed by atoms with Crippen LogP contribution in [-0.2, 0) is 17.8 Å². The van der Waals surface area contributed by atoms with Gasteiger partial charge in [-0.3, -0.25) is 9.69 Å². The third-order valence-electron chi connectivity index (χ3n) is 4.44. The second kappa shape index (κ2) is 7.53. The lowest BCUT2D eigenvalue weighted by Gasteiger charge is -2.24. The highest BCUT2D eigenvalue weighted by Crippen LogP contribution is 2.32. The molecular weight excluding hydrogens is 302 g/mol. The molecule has 1 saturated heterocycles. The Morgan fingerprint density at radius 3 is 2.83 bits per heavy atom. The number of carbonyl (C=O) groups is 1. The van der Waals surface area contributed by atoms with Gasteiger partial charge in [0.05, 0.1) is 18.2 Å². The summed E-state index contributed by atoms with van der Waals surface area (Å²) >= 11 is 0. The van der Waals surface area contributed by atoms with E-state index in [2.05, 4.69) is 39.1 Å². The second-order valence-corrected chi connectivity index (χ2v) is 6.34. The summed E-state index contributed by atoms with van der Waals surface area (Å²) < 4.78 is 0. The molecule has 0 saturated carbocycles. The van der Waals surface area contributed by atoms with Crippen LogP contribution in [0.15, 0.2) is 36.4 Å². The van der Waals surface area contributed by atoms with Crippen molar-refractivity contribution in [3.63, 3.8) is 0 Å². The quantitative estimate of drug-likeness (QED) is 0.884. The highest BCUT2D eigenvalue weighted by Gasteiger charge is 2.27. The molecular formula is C19H23N3O2.